The third-order valence-electron chi connectivity index (χ3n) is 3.62. The number of nitrogens with zero attached hydrogens (tertiary/aromatic N) is 1. The Labute approximate surface area is 110 Å². The Bertz CT molecular complexity index is 412. The first kappa shape index (κ1) is 11.5. The lowest BCUT2D eigenvalue weighted by atomic mass is 10.2. The number of anilines is 1. The molecule has 2 bridgehead atoms. The molecule has 3 rings (SSSR count). The summed E-state index contributed by atoms with van der Waals surface area (Å²) in [4.78, 5) is 2.39. The Morgan fingerprint density at radius 1 is 1.29 bits per heavy atom. The molecule has 1 aromatic rings. The second-order valence-electron chi connectivity index (χ2n) is 4.80. The third-order valence-corrected chi connectivity index (χ3v) is 4.35. The van der Waals surface area contributed by atoms with Gasteiger partial charge in [-0.25, -0.2) is 0 Å². The van der Waals surface area contributed by atoms with Crippen molar-refractivity contribution in [1.29, 1.82) is 0 Å². The molecule has 0 amide bonds. The van der Waals surface area contributed by atoms with E-state index in [0.717, 1.165) is 23.1 Å². The molecule has 17 heavy (non-hydrogen) atoms. The van der Waals surface area contributed by atoms with Gasteiger partial charge in [0.2, 0.25) is 0 Å². The Balaban J connectivity index is 1.82. The highest BCUT2D eigenvalue weighted by Crippen LogP contribution is 2.31. The van der Waals surface area contributed by atoms with Crippen molar-refractivity contribution in [2.24, 2.45) is 0 Å². The fourth-order valence-electron chi connectivity index (χ4n) is 2.69. The zero-order valence-corrected chi connectivity index (χ0v) is 11.2. The quantitative estimate of drug-likeness (QED) is 0.909. The van der Waals surface area contributed by atoms with Gasteiger partial charge in [0.1, 0.15) is 0 Å². The maximum absolute atomic E-state index is 9.15. The SMILES string of the molecule is OCc1ccc(N2CC3CCC(C2)O3)cc1Br. The Morgan fingerprint density at radius 2 is 2.00 bits per heavy atom. The van der Waals surface area contributed by atoms with Gasteiger partial charge in [0.15, 0.2) is 0 Å². The van der Waals surface area contributed by atoms with E-state index >= 15 is 0 Å². The van der Waals surface area contributed by atoms with Crippen molar-refractivity contribution in [2.75, 3.05) is 18.0 Å². The van der Waals surface area contributed by atoms with Crippen LogP contribution in [-0.2, 0) is 11.3 Å². The minimum Gasteiger partial charge on any atom is -0.392 e. The van der Waals surface area contributed by atoms with Crippen molar-refractivity contribution in [2.45, 2.75) is 31.7 Å². The minimum absolute atomic E-state index is 0.0786. The third kappa shape index (κ3) is 2.21. The average molecular weight is 298 g/mol. The standard InChI is InChI=1S/C13H16BrNO2/c14-13-5-10(2-1-9(13)8-16)15-6-11-3-4-12(7-15)17-11/h1-2,5,11-12,16H,3-4,6-8H2. The highest BCUT2D eigenvalue weighted by Gasteiger charge is 2.33. The molecule has 2 heterocycles. The van der Waals surface area contributed by atoms with Crippen LogP contribution in [0.4, 0.5) is 5.69 Å². The largest absolute Gasteiger partial charge is 0.392 e. The van der Waals surface area contributed by atoms with Gasteiger partial charge >= 0.3 is 0 Å². The average Bonchev–Trinajstić information content (AvgIpc) is 2.68. The van der Waals surface area contributed by atoms with Gasteiger partial charge in [0.05, 0.1) is 18.8 Å². The van der Waals surface area contributed by atoms with Gasteiger partial charge in [-0.05, 0) is 30.5 Å². The summed E-state index contributed by atoms with van der Waals surface area (Å²) in [5, 5.41) is 9.15. The van der Waals surface area contributed by atoms with Crippen LogP contribution < -0.4 is 4.90 Å². The van der Waals surface area contributed by atoms with Crippen LogP contribution in [0.15, 0.2) is 22.7 Å². The maximum atomic E-state index is 9.15. The van der Waals surface area contributed by atoms with Gasteiger partial charge < -0.3 is 14.7 Å². The summed E-state index contributed by atoms with van der Waals surface area (Å²) in [5.41, 5.74) is 2.15. The van der Waals surface area contributed by atoms with Gasteiger partial charge in [-0.3, -0.25) is 0 Å². The summed E-state index contributed by atoms with van der Waals surface area (Å²) in [5.74, 6) is 0. The van der Waals surface area contributed by atoms with Crippen LogP contribution in [-0.4, -0.2) is 30.4 Å². The predicted octanol–water partition coefficient (Wildman–Crippen LogP) is 2.31. The molecule has 2 atom stereocenters. The van der Waals surface area contributed by atoms with E-state index in [-0.39, 0.29) is 6.61 Å². The summed E-state index contributed by atoms with van der Waals surface area (Å²) in [6.07, 6.45) is 3.20. The molecule has 2 aliphatic heterocycles. The van der Waals surface area contributed by atoms with Gasteiger partial charge in [-0.1, -0.05) is 22.0 Å². The number of hydrogen-bond acceptors (Lipinski definition) is 3. The van der Waals surface area contributed by atoms with Crippen LogP contribution in [0.3, 0.4) is 0 Å². The summed E-state index contributed by atoms with van der Waals surface area (Å²) < 4.78 is 6.81. The molecule has 2 unspecified atom stereocenters. The molecule has 2 fully saturated rings. The molecule has 0 aromatic heterocycles. The van der Waals surface area contributed by atoms with E-state index in [1.165, 1.54) is 18.5 Å². The zero-order chi connectivity index (χ0) is 11.8. The van der Waals surface area contributed by atoms with Crippen LogP contribution in [0.2, 0.25) is 0 Å². The van der Waals surface area contributed by atoms with Crippen molar-refractivity contribution >= 4 is 21.6 Å². The number of hydrogen-bond donors (Lipinski definition) is 1. The van der Waals surface area contributed by atoms with Crippen molar-refractivity contribution in [3.63, 3.8) is 0 Å². The molecule has 0 radical (unpaired) electrons. The monoisotopic (exact) mass is 297 g/mol. The number of halogens is 1. The number of rotatable bonds is 2. The predicted molar refractivity (Wildman–Crippen MR) is 70.2 cm³/mol. The summed E-state index contributed by atoms with van der Waals surface area (Å²) in [7, 11) is 0. The zero-order valence-electron chi connectivity index (χ0n) is 9.60. The molecule has 0 saturated carbocycles. The van der Waals surface area contributed by atoms with Gasteiger partial charge in [0.25, 0.3) is 0 Å². The number of morpholine rings is 1. The maximum Gasteiger partial charge on any atom is 0.0755 e. The molecule has 0 spiro atoms. The second kappa shape index (κ2) is 4.59. The second-order valence-corrected chi connectivity index (χ2v) is 5.65. The molecule has 2 saturated heterocycles. The van der Waals surface area contributed by atoms with Crippen molar-refractivity contribution in [1.82, 2.24) is 0 Å². The molecular formula is C13H16BrNO2. The summed E-state index contributed by atoms with van der Waals surface area (Å²) >= 11 is 3.50. The van der Waals surface area contributed by atoms with E-state index in [2.05, 4.69) is 33.0 Å². The topological polar surface area (TPSA) is 32.7 Å². The molecule has 1 aromatic carbocycles. The van der Waals surface area contributed by atoms with E-state index in [1.807, 2.05) is 6.07 Å². The van der Waals surface area contributed by atoms with Crippen molar-refractivity contribution < 1.29 is 9.84 Å². The van der Waals surface area contributed by atoms with Gasteiger partial charge in [0, 0.05) is 23.2 Å². The van der Waals surface area contributed by atoms with Crippen LogP contribution in [0, 0.1) is 0 Å². The normalized spacial score (nSPS) is 27.5. The lowest BCUT2D eigenvalue weighted by molar-refractivity contribution is 0.0305. The number of fused-ring (bicyclic) bond motifs is 2. The highest BCUT2D eigenvalue weighted by atomic mass is 79.9. The molecular weight excluding hydrogens is 282 g/mol. The first-order valence-electron chi connectivity index (χ1n) is 6.06. The van der Waals surface area contributed by atoms with E-state index in [9.17, 15) is 0 Å². The number of aliphatic hydroxyl groups is 1. The van der Waals surface area contributed by atoms with Crippen LogP contribution in [0.25, 0.3) is 0 Å². The highest BCUT2D eigenvalue weighted by molar-refractivity contribution is 9.10. The Morgan fingerprint density at radius 3 is 2.59 bits per heavy atom. The Kier molecular flexibility index (Phi) is 3.11. The van der Waals surface area contributed by atoms with Crippen molar-refractivity contribution in [3.05, 3.63) is 28.2 Å². The first-order valence-corrected chi connectivity index (χ1v) is 6.85. The van der Waals surface area contributed by atoms with Crippen LogP contribution in [0.5, 0.6) is 0 Å². The van der Waals surface area contributed by atoms with E-state index in [1.54, 1.807) is 0 Å². The first-order chi connectivity index (χ1) is 8.26. The number of aliphatic hydroxyl groups excluding tert-OH is 1. The van der Waals surface area contributed by atoms with Gasteiger partial charge in [-0.2, -0.15) is 0 Å². The summed E-state index contributed by atoms with van der Waals surface area (Å²) in [6, 6.07) is 6.16. The lowest BCUT2D eigenvalue weighted by Crippen LogP contribution is -2.42. The fraction of sp³-hybridized carbons (Fsp3) is 0.538. The molecule has 0 aliphatic carbocycles. The van der Waals surface area contributed by atoms with Crippen LogP contribution in [0.1, 0.15) is 18.4 Å². The molecule has 4 heteroatoms. The van der Waals surface area contributed by atoms with E-state index < -0.39 is 0 Å². The van der Waals surface area contributed by atoms with Gasteiger partial charge in [-0.15, -0.1) is 0 Å². The smallest absolute Gasteiger partial charge is 0.0755 e. The molecule has 1 N–H and O–H groups in total. The van der Waals surface area contributed by atoms with E-state index in [0.29, 0.717) is 12.2 Å². The van der Waals surface area contributed by atoms with E-state index in [4.69, 9.17) is 9.84 Å². The molecule has 2 aliphatic rings. The number of ether oxygens (including phenoxy) is 1. The minimum atomic E-state index is 0.0786. The fourth-order valence-corrected chi connectivity index (χ4v) is 3.18. The Hall–Kier alpha value is -0.580. The molecule has 3 nitrogen and oxygen atoms in total. The lowest BCUT2D eigenvalue weighted by Gasteiger charge is -2.34. The molecule has 92 valence electrons. The summed E-state index contributed by atoms with van der Waals surface area (Å²) in [6.45, 7) is 2.05. The van der Waals surface area contributed by atoms with Crippen LogP contribution >= 0.6 is 15.9 Å². The van der Waals surface area contributed by atoms with Crippen molar-refractivity contribution in [3.8, 4) is 0 Å². The number of benzene rings is 1.